The second-order valence-electron chi connectivity index (χ2n) is 4.71. The smallest absolute Gasteiger partial charge is 0.123 e. The van der Waals surface area contributed by atoms with Crippen LogP contribution in [0, 0.1) is 6.92 Å². The molecule has 2 rings (SSSR count). The summed E-state index contributed by atoms with van der Waals surface area (Å²) in [5.74, 6) is 1.77. The third kappa shape index (κ3) is 3.80. The molecule has 2 aromatic rings. The molecule has 21 heavy (non-hydrogen) atoms. The number of alkyl halides is 1. The number of hydrogen-bond acceptors (Lipinski definition) is 2. The maximum absolute atomic E-state index is 5.51. The van der Waals surface area contributed by atoms with Crippen molar-refractivity contribution < 1.29 is 9.47 Å². The Morgan fingerprint density at radius 2 is 1.81 bits per heavy atom. The molecule has 0 amide bonds. The van der Waals surface area contributed by atoms with Gasteiger partial charge in [0.2, 0.25) is 0 Å². The van der Waals surface area contributed by atoms with E-state index in [-0.39, 0.29) is 4.83 Å². The molecular formula is C17H18Br2O2. The maximum Gasteiger partial charge on any atom is 0.123 e. The van der Waals surface area contributed by atoms with Crippen molar-refractivity contribution in [2.45, 2.75) is 18.7 Å². The van der Waals surface area contributed by atoms with Gasteiger partial charge in [-0.25, -0.2) is 0 Å². The van der Waals surface area contributed by atoms with Crippen LogP contribution in [-0.4, -0.2) is 13.7 Å². The van der Waals surface area contributed by atoms with Gasteiger partial charge < -0.3 is 9.47 Å². The molecule has 0 N–H and O–H groups in total. The summed E-state index contributed by atoms with van der Waals surface area (Å²) in [5, 5.41) is 0. The van der Waals surface area contributed by atoms with Crippen LogP contribution in [0.15, 0.2) is 40.9 Å². The summed E-state index contributed by atoms with van der Waals surface area (Å²) in [6.07, 6.45) is 0. The summed E-state index contributed by atoms with van der Waals surface area (Å²) >= 11 is 7.35. The van der Waals surface area contributed by atoms with E-state index < -0.39 is 0 Å². The summed E-state index contributed by atoms with van der Waals surface area (Å²) in [4.78, 5) is 0.0695. The molecule has 0 fully saturated rings. The lowest BCUT2D eigenvalue weighted by Gasteiger charge is -2.17. The number of ether oxygens (including phenoxy) is 2. The fourth-order valence-corrected chi connectivity index (χ4v) is 3.15. The summed E-state index contributed by atoms with van der Waals surface area (Å²) in [6.45, 7) is 4.71. The second kappa shape index (κ2) is 7.32. The van der Waals surface area contributed by atoms with Gasteiger partial charge >= 0.3 is 0 Å². The minimum absolute atomic E-state index is 0.0695. The van der Waals surface area contributed by atoms with E-state index in [1.54, 1.807) is 7.11 Å². The van der Waals surface area contributed by atoms with Gasteiger partial charge in [0.15, 0.2) is 0 Å². The first kappa shape index (κ1) is 16.4. The fourth-order valence-electron chi connectivity index (χ4n) is 2.12. The Bertz CT molecular complexity index is 609. The van der Waals surface area contributed by atoms with Crippen molar-refractivity contribution in [2.24, 2.45) is 0 Å². The predicted molar refractivity (Wildman–Crippen MR) is 93.8 cm³/mol. The molecule has 1 unspecified atom stereocenters. The minimum Gasteiger partial charge on any atom is -0.496 e. The molecular weight excluding hydrogens is 396 g/mol. The zero-order valence-electron chi connectivity index (χ0n) is 12.3. The molecule has 0 saturated heterocycles. The number of methoxy groups -OCH3 is 1. The Morgan fingerprint density at radius 1 is 1.14 bits per heavy atom. The zero-order valence-corrected chi connectivity index (χ0v) is 15.5. The minimum atomic E-state index is 0.0695. The van der Waals surface area contributed by atoms with E-state index in [2.05, 4.69) is 57.0 Å². The highest BCUT2D eigenvalue weighted by Gasteiger charge is 2.17. The SMILES string of the molecule is CCOc1ccc(C(Br)c2cc(Br)c(C)cc2OC)cc1. The number of rotatable bonds is 5. The summed E-state index contributed by atoms with van der Waals surface area (Å²) in [7, 11) is 1.70. The monoisotopic (exact) mass is 412 g/mol. The van der Waals surface area contributed by atoms with E-state index in [0.717, 1.165) is 32.7 Å². The van der Waals surface area contributed by atoms with Crippen molar-refractivity contribution in [3.63, 3.8) is 0 Å². The van der Waals surface area contributed by atoms with E-state index in [4.69, 9.17) is 9.47 Å². The topological polar surface area (TPSA) is 18.5 Å². The molecule has 4 heteroatoms. The van der Waals surface area contributed by atoms with Crippen LogP contribution in [0.25, 0.3) is 0 Å². The molecule has 112 valence electrons. The van der Waals surface area contributed by atoms with Crippen LogP contribution in [0.2, 0.25) is 0 Å². The molecule has 2 nitrogen and oxygen atoms in total. The van der Waals surface area contributed by atoms with Gasteiger partial charge in [0.25, 0.3) is 0 Å². The third-order valence-electron chi connectivity index (χ3n) is 3.27. The molecule has 0 radical (unpaired) electrons. The van der Waals surface area contributed by atoms with Crippen molar-refractivity contribution in [2.75, 3.05) is 13.7 Å². The first-order valence-corrected chi connectivity index (χ1v) is 8.48. The molecule has 0 heterocycles. The molecule has 0 aliphatic heterocycles. The van der Waals surface area contributed by atoms with Crippen molar-refractivity contribution in [1.29, 1.82) is 0 Å². The third-order valence-corrected chi connectivity index (χ3v) is 5.14. The lowest BCUT2D eigenvalue weighted by Crippen LogP contribution is -1.99. The molecule has 0 spiro atoms. The number of aryl methyl sites for hydroxylation is 1. The van der Waals surface area contributed by atoms with E-state index in [1.807, 2.05) is 25.1 Å². The van der Waals surface area contributed by atoms with Crippen molar-refractivity contribution >= 4 is 31.9 Å². The molecule has 2 aromatic carbocycles. The van der Waals surface area contributed by atoms with Gasteiger partial charge in [-0.3, -0.25) is 0 Å². The van der Waals surface area contributed by atoms with Crippen LogP contribution in [0.5, 0.6) is 11.5 Å². The maximum atomic E-state index is 5.51. The Labute approximate surface area is 142 Å². The Hall–Kier alpha value is -1.00. The van der Waals surface area contributed by atoms with Crippen LogP contribution < -0.4 is 9.47 Å². The zero-order chi connectivity index (χ0) is 15.4. The summed E-state index contributed by atoms with van der Waals surface area (Å²) < 4.78 is 12.1. The van der Waals surface area contributed by atoms with Crippen molar-refractivity contribution in [3.05, 3.63) is 57.6 Å². The molecule has 0 aromatic heterocycles. The first-order chi connectivity index (χ1) is 10.1. The highest BCUT2D eigenvalue weighted by molar-refractivity contribution is 9.10. The second-order valence-corrected chi connectivity index (χ2v) is 6.48. The summed E-state index contributed by atoms with van der Waals surface area (Å²) in [6, 6.07) is 12.3. The first-order valence-electron chi connectivity index (χ1n) is 6.77. The molecule has 0 saturated carbocycles. The predicted octanol–water partition coefficient (Wildman–Crippen LogP) is 5.65. The highest BCUT2D eigenvalue weighted by Crippen LogP contribution is 2.39. The van der Waals surface area contributed by atoms with Crippen molar-refractivity contribution in [3.8, 4) is 11.5 Å². The van der Waals surface area contributed by atoms with Gasteiger partial charge in [-0.05, 0) is 49.2 Å². The van der Waals surface area contributed by atoms with E-state index in [1.165, 1.54) is 0 Å². The average Bonchev–Trinajstić information content (AvgIpc) is 2.50. The van der Waals surface area contributed by atoms with Crippen LogP contribution in [-0.2, 0) is 0 Å². The lowest BCUT2D eigenvalue weighted by molar-refractivity contribution is 0.340. The van der Waals surface area contributed by atoms with Gasteiger partial charge in [0.05, 0.1) is 18.5 Å². The summed E-state index contributed by atoms with van der Waals surface area (Å²) in [5.41, 5.74) is 3.41. The van der Waals surface area contributed by atoms with Crippen LogP contribution in [0.1, 0.15) is 28.4 Å². The highest BCUT2D eigenvalue weighted by atomic mass is 79.9. The molecule has 0 aliphatic rings. The normalized spacial score (nSPS) is 12.0. The van der Waals surface area contributed by atoms with Gasteiger partial charge in [-0.15, -0.1) is 0 Å². The van der Waals surface area contributed by atoms with Gasteiger partial charge in [-0.2, -0.15) is 0 Å². The van der Waals surface area contributed by atoms with Gasteiger partial charge in [0, 0.05) is 10.0 Å². The Morgan fingerprint density at radius 3 is 2.38 bits per heavy atom. The molecule has 1 atom stereocenters. The van der Waals surface area contributed by atoms with Gasteiger partial charge in [0.1, 0.15) is 11.5 Å². The van der Waals surface area contributed by atoms with E-state index in [0.29, 0.717) is 6.61 Å². The largest absolute Gasteiger partial charge is 0.496 e. The lowest BCUT2D eigenvalue weighted by atomic mass is 10.0. The Balaban J connectivity index is 2.34. The van der Waals surface area contributed by atoms with Gasteiger partial charge in [-0.1, -0.05) is 44.0 Å². The van der Waals surface area contributed by atoms with Crippen LogP contribution in [0.3, 0.4) is 0 Å². The van der Waals surface area contributed by atoms with E-state index >= 15 is 0 Å². The Kier molecular flexibility index (Phi) is 5.71. The number of halogens is 2. The van der Waals surface area contributed by atoms with Crippen LogP contribution in [0.4, 0.5) is 0 Å². The average molecular weight is 414 g/mol. The molecule has 0 aliphatic carbocycles. The van der Waals surface area contributed by atoms with Crippen molar-refractivity contribution in [1.82, 2.24) is 0 Å². The number of benzene rings is 2. The quantitative estimate of drug-likeness (QED) is 0.589. The number of hydrogen-bond donors (Lipinski definition) is 0. The molecule has 0 bridgehead atoms. The fraction of sp³-hybridized carbons (Fsp3) is 0.294. The van der Waals surface area contributed by atoms with Crippen LogP contribution >= 0.6 is 31.9 Å². The standard InChI is InChI=1S/C17H18Br2O2/c1-4-21-13-7-5-12(6-8-13)17(19)14-10-15(18)11(2)9-16(14)20-3/h5-10,17H,4H2,1-3H3. The van der Waals surface area contributed by atoms with E-state index in [9.17, 15) is 0 Å².